The molecule has 0 aromatic heterocycles. The summed E-state index contributed by atoms with van der Waals surface area (Å²) in [7, 11) is 0. The highest BCUT2D eigenvalue weighted by Crippen LogP contribution is 2.15. The lowest BCUT2D eigenvalue weighted by Gasteiger charge is -2.06. The highest BCUT2D eigenvalue weighted by atomic mass is 79.9. The minimum absolute atomic E-state index is 0.101. The number of hydrogen-bond donors (Lipinski definition) is 0. The minimum atomic E-state index is -0.101. The first-order chi connectivity index (χ1) is 5.74. The van der Waals surface area contributed by atoms with Gasteiger partial charge in [0, 0.05) is 4.83 Å². The molecule has 0 spiro atoms. The molecule has 0 N–H and O–H groups in total. The molecule has 0 bridgehead atoms. The number of rotatable bonds is 3. The third kappa shape index (κ3) is 2.59. The highest BCUT2D eigenvalue weighted by molar-refractivity contribution is 9.09. The fourth-order valence-electron chi connectivity index (χ4n) is 1.05. The molecule has 0 fully saturated rings. The van der Waals surface area contributed by atoms with Crippen LogP contribution in [0.4, 0.5) is 4.39 Å². The Hall–Kier alpha value is -0.370. The van der Waals surface area contributed by atoms with Gasteiger partial charge in [-0.3, -0.25) is 0 Å². The molecule has 2 heteroatoms. The molecule has 1 atom stereocenters. The smallest absolute Gasteiger partial charge is 0.126 e. The van der Waals surface area contributed by atoms with Crippen molar-refractivity contribution in [2.75, 3.05) is 0 Å². The van der Waals surface area contributed by atoms with E-state index in [4.69, 9.17) is 0 Å². The molecule has 66 valence electrons. The molecule has 0 radical (unpaired) electrons. The van der Waals surface area contributed by atoms with E-state index in [1.165, 1.54) is 6.07 Å². The first kappa shape index (κ1) is 9.72. The monoisotopic (exact) mass is 230 g/mol. The van der Waals surface area contributed by atoms with Gasteiger partial charge in [0.2, 0.25) is 0 Å². The van der Waals surface area contributed by atoms with Gasteiger partial charge in [0.15, 0.2) is 0 Å². The van der Waals surface area contributed by atoms with E-state index < -0.39 is 0 Å². The summed E-state index contributed by atoms with van der Waals surface area (Å²) >= 11 is 3.48. The standard InChI is InChI=1S/C10H12BrF/c1-2-9(11)7-8-5-3-4-6-10(8)12/h3-6,9H,2,7H2,1H3. The predicted octanol–water partition coefficient (Wildman–Crippen LogP) is 3.54. The zero-order chi connectivity index (χ0) is 8.97. The summed E-state index contributed by atoms with van der Waals surface area (Å²) in [4.78, 5) is 0.384. The average molecular weight is 231 g/mol. The maximum Gasteiger partial charge on any atom is 0.126 e. The van der Waals surface area contributed by atoms with Gasteiger partial charge < -0.3 is 0 Å². The summed E-state index contributed by atoms with van der Waals surface area (Å²) < 4.78 is 13.1. The second-order valence-corrected chi connectivity index (χ2v) is 4.10. The number of alkyl halides is 1. The first-order valence-corrected chi connectivity index (χ1v) is 5.03. The first-order valence-electron chi connectivity index (χ1n) is 4.11. The Morgan fingerprint density at radius 1 is 1.42 bits per heavy atom. The Morgan fingerprint density at radius 2 is 2.08 bits per heavy atom. The van der Waals surface area contributed by atoms with E-state index >= 15 is 0 Å². The lowest BCUT2D eigenvalue weighted by atomic mass is 10.1. The molecule has 0 saturated carbocycles. The lowest BCUT2D eigenvalue weighted by Crippen LogP contribution is -2.02. The summed E-state index contributed by atoms with van der Waals surface area (Å²) in [5, 5.41) is 0. The van der Waals surface area contributed by atoms with Crippen molar-refractivity contribution >= 4 is 15.9 Å². The van der Waals surface area contributed by atoms with Gasteiger partial charge in [0.05, 0.1) is 0 Å². The van der Waals surface area contributed by atoms with E-state index in [0.29, 0.717) is 4.83 Å². The van der Waals surface area contributed by atoms with Crippen LogP contribution < -0.4 is 0 Å². The van der Waals surface area contributed by atoms with Crippen molar-refractivity contribution in [3.05, 3.63) is 35.6 Å². The zero-order valence-corrected chi connectivity index (χ0v) is 8.64. The Morgan fingerprint density at radius 3 is 2.67 bits per heavy atom. The summed E-state index contributed by atoms with van der Waals surface area (Å²) in [6.07, 6.45) is 1.79. The molecule has 0 nitrogen and oxygen atoms in total. The molecule has 0 aliphatic carbocycles. The topological polar surface area (TPSA) is 0 Å². The molecule has 0 aliphatic rings. The van der Waals surface area contributed by atoms with Crippen molar-refractivity contribution in [2.24, 2.45) is 0 Å². The van der Waals surface area contributed by atoms with Crippen molar-refractivity contribution < 1.29 is 4.39 Å². The Labute approximate surface area is 80.9 Å². The molecule has 0 amide bonds. The normalized spacial score (nSPS) is 12.9. The molecule has 0 saturated heterocycles. The molecular weight excluding hydrogens is 219 g/mol. The number of halogens is 2. The molecule has 1 rings (SSSR count). The largest absolute Gasteiger partial charge is 0.207 e. The minimum Gasteiger partial charge on any atom is -0.207 e. The fourth-order valence-corrected chi connectivity index (χ4v) is 1.40. The molecular formula is C10H12BrF. The number of benzene rings is 1. The lowest BCUT2D eigenvalue weighted by molar-refractivity contribution is 0.606. The molecule has 0 aliphatic heterocycles. The number of hydrogen-bond acceptors (Lipinski definition) is 0. The van der Waals surface area contributed by atoms with Crippen LogP contribution in [0.3, 0.4) is 0 Å². The average Bonchev–Trinajstić information content (AvgIpc) is 2.09. The van der Waals surface area contributed by atoms with Crippen molar-refractivity contribution in [2.45, 2.75) is 24.6 Å². The molecule has 1 aromatic rings. The van der Waals surface area contributed by atoms with Crippen LogP contribution in [0.25, 0.3) is 0 Å². The van der Waals surface area contributed by atoms with Crippen molar-refractivity contribution in [3.8, 4) is 0 Å². The van der Waals surface area contributed by atoms with Gasteiger partial charge in [-0.05, 0) is 24.5 Å². The maximum atomic E-state index is 13.1. The molecule has 12 heavy (non-hydrogen) atoms. The Balaban J connectivity index is 2.69. The van der Waals surface area contributed by atoms with E-state index in [9.17, 15) is 4.39 Å². The van der Waals surface area contributed by atoms with Crippen LogP contribution >= 0.6 is 15.9 Å². The van der Waals surface area contributed by atoms with Gasteiger partial charge in [0.1, 0.15) is 5.82 Å². The van der Waals surface area contributed by atoms with Gasteiger partial charge in [0.25, 0.3) is 0 Å². The van der Waals surface area contributed by atoms with Gasteiger partial charge in [-0.2, -0.15) is 0 Å². The highest BCUT2D eigenvalue weighted by Gasteiger charge is 2.05. The van der Waals surface area contributed by atoms with Crippen LogP contribution in [-0.4, -0.2) is 4.83 Å². The van der Waals surface area contributed by atoms with Crippen LogP contribution in [-0.2, 0) is 6.42 Å². The van der Waals surface area contributed by atoms with E-state index in [0.717, 1.165) is 18.4 Å². The molecule has 1 unspecified atom stereocenters. The van der Waals surface area contributed by atoms with Gasteiger partial charge in [-0.15, -0.1) is 0 Å². The van der Waals surface area contributed by atoms with Crippen molar-refractivity contribution in [1.29, 1.82) is 0 Å². The van der Waals surface area contributed by atoms with Crippen molar-refractivity contribution in [3.63, 3.8) is 0 Å². The summed E-state index contributed by atoms with van der Waals surface area (Å²) in [5.74, 6) is -0.101. The van der Waals surface area contributed by atoms with E-state index in [1.807, 2.05) is 12.1 Å². The van der Waals surface area contributed by atoms with Crippen LogP contribution in [0.5, 0.6) is 0 Å². The van der Waals surface area contributed by atoms with Gasteiger partial charge in [-0.25, -0.2) is 4.39 Å². The Bertz CT molecular complexity index is 247. The molecule has 0 heterocycles. The summed E-state index contributed by atoms with van der Waals surface area (Å²) in [5.41, 5.74) is 0.793. The van der Waals surface area contributed by atoms with Gasteiger partial charge >= 0.3 is 0 Å². The third-order valence-corrected chi connectivity index (χ3v) is 2.81. The Kier molecular flexibility index (Phi) is 3.73. The predicted molar refractivity (Wildman–Crippen MR) is 53.1 cm³/mol. The van der Waals surface area contributed by atoms with E-state index in [-0.39, 0.29) is 5.82 Å². The van der Waals surface area contributed by atoms with E-state index in [2.05, 4.69) is 22.9 Å². The fraction of sp³-hybridized carbons (Fsp3) is 0.400. The summed E-state index contributed by atoms with van der Waals surface area (Å²) in [6, 6.07) is 6.92. The van der Waals surface area contributed by atoms with Crippen LogP contribution in [0.1, 0.15) is 18.9 Å². The zero-order valence-electron chi connectivity index (χ0n) is 7.06. The second kappa shape index (κ2) is 4.61. The molecule has 1 aromatic carbocycles. The van der Waals surface area contributed by atoms with Crippen LogP contribution in [0.15, 0.2) is 24.3 Å². The van der Waals surface area contributed by atoms with Crippen LogP contribution in [0.2, 0.25) is 0 Å². The second-order valence-electron chi connectivity index (χ2n) is 2.80. The third-order valence-electron chi connectivity index (χ3n) is 1.84. The quantitative estimate of drug-likeness (QED) is 0.698. The summed E-state index contributed by atoms with van der Waals surface area (Å²) in [6.45, 7) is 2.08. The SMILES string of the molecule is CCC(Br)Cc1ccccc1F. The van der Waals surface area contributed by atoms with Crippen LogP contribution in [0, 0.1) is 5.82 Å². The maximum absolute atomic E-state index is 13.1. The van der Waals surface area contributed by atoms with E-state index in [1.54, 1.807) is 6.07 Å². The van der Waals surface area contributed by atoms with Crippen molar-refractivity contribution in [1.82, 2.24) is 0 Å². The van der Waals surface area contributed by atoms with Gasteiger partial charge in [-0.1, -0.05) is 41.1 Å².